The van der Waals surface area contributed by atoms with E-state index < -0.39 is 6.10 Å². The number of ether oxygens (including phenoxy) is 3. The van der Waals surface area contributed by atoms with E-state index in [1.165, 1.54) is 12.1 Å². The average molecular weight is 547 g/mol. The molecule has 9 heteroatoms. The number of hydrogen-bond acceptors (Lipinski definition) is 5. The number of aliphatic imine (C=N–C) groups is 1. The lowest BCUT2D eigenvalue weighted by Crippen LogP contribution is -2.41. The molecular formula is C22H31FIN3O4. The van der Waals surface area contributed by atoms with Gasteiger partial charge in [-0.1, -0.05) is 0 Å². The van der Waals surface area contributed by atoms with Gasteiger partial charge in [0.15, 0.2) is 5.96 Å². The third kappa shape index (κ3) is 8.78. The number of aliphatic hydroxyl groups is 1. The Morgan fingerprint density at radius 2 is 1.71 bits per heavy atom. The van der Waals surface area contributed by atoms with Crippen molar-refractivity contribution in [2.75, 3.05) is 47.5 Å². The highest BCUT2D eigenvalue weighted by atomic mass is 127. The summed E-state index contributed by atoms with van der Waals surface area (Å²) < 4.78 is 29.1. The first kappa shape index (κ1) is 26.8. The van der Waals surface area contributed by atoms with E-state index in [0.717, 1.165) is 0 Å². The Morgan fingerprint density at radius 3 is 2.26 bits per heavy atom. The standard InChI is InChI=1S/C22H30FN3O4.HI/c1-5-24-22(26(2)10-11-30-18-8-6-17(23)7-9-18)25-15-21(27)16-12-19(28-3)14-20(13-16)29-4;/h6-9,12-14,21,27H,5,10-11,15H2,1-4H3,(H,24,25);1H. The Hall–Kier alpha value is -2.27. The van der Waals surface area contributed by atoms with Gasteiger partial charge in [-0.05, 0) is 48.9 Å². The van der Waals surface area contributed by atoms with Gasteiger partial charge in [-0.2, -0.15) is 0 Å². The highest BCUT2D eigenvalue weighted by molar-refractivity contribution is 14.0. The summed E-state index contributed by atoms with van der Waals surface area (Å²) in [4.78, 5) is 6.44. The molecule has 0 aliphatic heterocycles. The average Bonchev–Trinajstić information content (AvgIpc) is 2.77. The minimum Gasteiger partial charge on any atom is -0.497 e. The molecule has 0 radical (unpaired) electrons. The quantitative estimate of drug-likeness (QED) is 0.270. The Kier molecular flexibility index (Phi) is 12.0. The number of nitrogens with zero attached hydrogens (tertiary/aromatic N) is 2. The zero-order chi connectivity index (χ0) is 21.9. The Balaban J connectivity index is 0.00000480. The number of hydrogen-bond donors (Lipinski definition) is 2. The molecule has 0 saturated carbocycles. The predicted molar refractivity (Wildman–Crippen MR) is 130 cm³/mol. The molecule has 1 unspecified atom stereocenters. The molecule has 0 saturated heterocycles. The van der Waals surface area contributed by atoms with Crippen LogP contribution < -0.4 is 19.5 Å². The Bertz CT molecular complexity index is 799. The first-order chi connectivity index (χ1) is 14.5. The van der Waals surface area contributed by atoms with E-state index in [-0.39, 0.29) is 36.3 Å². The zero-order valence-electron chi connectivity index (χ0n) is 18.3. The number of halogens is 2. The summed E-state index contributed by atoms with van der Waals surface area (Å²) in [5.41, 5.74) is 0.660. The van der Waals surface area contributed by atoms with Gasteiger partial charge in [0.2, 0.25) is 0 Å². The molecule has 31 heavy (non-hydrogen) atoms. The number of guanidine groups is 1. The maximum absolute atomic E-state index is 13.0. The maximum atomic E-state index is 13.0. The van der Waals surface area contributed by atoms with Crippen molar-refractivity contribution in [1.82, 2.24) is 10.2 Å². The maximum Gasteiger partial charge on any atom is 0.193 e. The molecule has 2 rings (SSSR count). The molecule has 1 atom stereocenters. The van der Waals surface area contributed by atoms with E-state index in [4.69, 9.17) is 14.2 Å². The lowest BCUT2D eigenvalue weighted by molar-refractivity contribution is 0.185. The van der Waals surface area contributed by atoms with Crippen LogP contribution in [0.1, 0.15) is 18.6 Å². The molecule has 0 fully saturated rings. The van der Waals surface area contributed by atoms with Crippen LogP contribution in [-0.4, -0.2) is 63.5 Å². The molecule has 172 valence electrons. The molecule has 0 aliphatic carbocycles. The SMILES string of the molecule is CCNC(=NCC(O)c1cc(OC)cc(OC)c1)N(C)CCOc1ccc(F)cc1.I. The fraction of sp³-hybridized carbons (Fsp3) is 0.409. The monoisotopic (exact) mass is 547 g/mol. The van der Waals surface area contributed by atoms with Gasteiger partial charge in [-0.3, -0.25) is 4.99 Å². The number of methoxy groups -OCH3 is 2. The minimum absolute atomic E-state index is 0. The molecule has 2 aromatic carbocycles. The normalized spacial score (nSPS) is 11.9. The smallest absolute Gasteiger partial charge is 0.193 e. The van der Waals surface area contributed by atoms with Crippen molar-refractivity contribution in [3.05, 3.63) is 53.8 Å². The number of aliphatic hydroxyl groups excluding tert-OH is 1. The van der Waals surface area contributed by atoms with Gasteiger partial charge in [0.05, 0.1) is 33.4 Å². The first-order valence-electron chi connectivity index (χ1n) is 9.75. The van der Waals surface area contributed by atoms with Crippen molar-refractivity contribution in [2.24, 2.45) is 4.99 Å². The van der Waals surface area contributed by atoms with Gasteiger partial charge in [-0.15, -0.1) is 24.0 Å². The van der Waals surface area contributed by atoms with Gasteiger partial charge >= 0.3 is 0 Å². The number of rotatable bonds is 10. The summed E-state index contributed by atoms with van der Waals surface area (Å²) in [7, 11) is 5.02. The molecule has 7 nitrogen and oxygen atoms in total. The largest absolute Gasteiger partial charge is 0.497 e. The summed E-state index contributed by atoms with van der Waals surface area (Å²) in [5, 5.41) is 13.8. The molecule has 2 N–H and O–H groups in total. The molecule has 0 bridgehead atoms. The van der Waals surface area contributed by atoms with Crippen LogP contribution >= 0.6 is 24.0 Å². The van der Waals surface area contributed by atoms with Crippen molar-refractivity contribution in [3.8, 4) is 17.2 Å². The van der Waals surface area contributed by atoms with Gasteiger partial charge in [0, 0.05) is 19.7 Å². The van der Waals surface area contributed by atoms with Crippen molar-refractivity contribution >= 4 is 29.9 Å². The number of benzene rings is 2. The van der Waals surface area contributed by atoms with Gasteiger partial charge in [0.1, 0.15) is 29.7 Å². The summed E-state index contributed by atoms with van der Waals surface area (Å²) in [6.07, 6.45) is -0.813. The van der Waals surface area contributed by atoms with Crippen LogP contribution in [0.2, 0.25) is 0 Å². The fourth-order valence-electron chi connectivity index (χ4n) is 2.71. The van der Waals surface area contributed by atoms with E-state index in [1.54, 1.807) is 44.6 Å². The van der Waals surface area contributed by atoms with Crippen molar-refractivity contribution < 1.29 is 23.7 Å². The van der Waals surface area contributed by atoms with E-state index in [1.807, 2.05) is 18.9 Å². The molecule has 2 aromatic rings. The first-order valence-corrected chi connectivity index (χ1v) is 9.75. The highest BCUT2D eigenvalue weighted by Crippen LogP contribution is 2.26. The lowest BCUT2D eigenvalue weighted by Gasteiger charge is -2.22. The second kappa shape index (κ2) is 13.9. The number of nitrogens with one attached hydrogen (secondary N) is 1. The number of likely N-dealkylation sites (N-methyl/N-ethyl adjacent to an activating group) is 1. The molecule has 0 aromatic heterocycles. The van der Waals surface area contributed by atoms with Crippen LogP contribution in [0.5, 0.6) is 17.2 Å². The van der Waals surface area contributed by atoms with E-state index in [2.05, 4.69) is 10.3 Å². The van der Waals surface area contributed by atoms with Crippen LogP contribution in [0, 0.1) is 5.82 Å². The predicted octanol–water partition coefficient (Wildman–Crippen LogP) is 3.47. The van der Waals surface area contributed by atoms with Crippen molar-refractivity contribution in [2.45, 2.75) is 13.0 Å². The second-order valence-corrected chi connectivity index (χ2v) is 6.58. The van der Waals surface area contributed by atoms with E-state index in [0.29, 0.717) is 48.5 Å². The Morgan fingerprint density at radius 1 is 1.10 bits per heavy atom. The van der Waals surface area contributed by atoms with Gasteiger partial charge < -0.3 is 29.5 Å². The molecular weight excluding hydrogens is 516 g/mol. The molecule has 0 heterocycles. The van der Waals surface area contributed by atoms with Crippen LogP contribution in [0.15, 0.2) is 47.5 Å². The summed E-state index contributed by atoms with van der Waals surface area (Å²) in [6.45, 7) is 3.79. The third-order valence-electron chi connectivity index (χ3n) is 4.38. The van der Waals surface area contributed by atoms with Crippen LogP contribution in [0.4, 0.5) is 4.39 Å². The van der Waals surface area contributed by atoms with Crippen molar-refractivity contribution in [3.63, 3.8) is 0 Å². The molecule has 0 spiro atoms. The summed E-state index contributed by atoms with van der Waals surface area (Å²) in [6, 6.07) is 11.2. The van der Waals surface area contributed by atoms with Gasteiger partial charge in [0.25, 0.3) is 0 Å². The van der Waals surface area contributed by atoms with Crippen LogP contribution in [0.25, 0.3) is 0 Å². The Labute approximate surface area is 200 Å². The summed E-state index contributed by atoms with van der Waals surface area (Å²) in [5.74, 6) is 2.17. The van der Waals surface area contributed by atoms with Crippen LogP contribution in [0.3, 0.4) is 0 Å². The second-order valence-electron chi connectivity index (χ2n) is 6.58. The van der Waals surface area contributed by atoms with Crippen molar-refractivity contribution in [1.29, 1.82) is 0 Å². The molecule has 0 amide bonds. The van der Waals surface area contributed by atoms with Gasteiger partial charge in [-0.25, -0.2) is 4.39 Å². The third-order valence-corrected chi connectivity index (χ3v) is 4.38. The minimum atomic E-state index is -0.813. The lowest BCUT2D eigenvalue weighted by atomic mass is 10.1. The van der Waals surface area contributed by atoms with E-state index in [9.17, 15) is 9.50 Å². The molecule has 0 aliphatic rings. The van der Waals surface area contributed by atoms with E-state index >= 15 is 0 Å². The highest BCUT2D eigenvalue weighted by Gasteiger charge is 2.13. The topological polar surface area (TPSA) is 75.6 Å². The summed E-state index contributed by atoms with van der Waals surface area (Å²) >= 11 is 0. The zero-order valence-corrected chi connectivity index (χ0v) is 20.6. The van der Waals surface area contributed by atoms with Crippen LogP contribution in [-0.2, 0) is 0 Å². The fourth-order valence-corrected chi connectivity index (χ4v) is 2.71.